The highest BCUT2D eigenvalue weighted by molar-refractivity contribution is 6.33. The Morgan fingerprint density at radius 3 is 2.57 bits per heavy atom. The van der Waals surface area contributed by atoms with E-state index in [2.05, 4.69) is 10.5 Å². The summed E-state index contributed by atoms with van der Waals surface area (Å²) in [6.07, 6.45) is 4.35. The maximum Gasteiger partial charge on any atom is 0.321 e. The van der Waals surface area contributed by atoms with Crippen LogP contribution in [0.1, 0.15) is 31.2 Å². The van der Waals surface area contributed by atoms with Crippen LogP contribution in [-0.4, -0.2) is 35.1 Å². The van der Waals surface area contributed by atoms with Crippen molar-refractivity contribution in [2.45, 2.75) is 25.7 Å². The fourth-order valence-electron chi connectivity index (χ4n) is 2.31. The van der Waals surface area contributed by atoms with Crippen molar-refractivity contribution < 1.29 is 10.0 Å². The number of nitrogens with zero attached hydrogens (tertiary/aromatic N) is 2. The normalized spacial score (nSPS) is 16.4. The molecule has 2 rings (SSSR count). The number of urea groups is 1. The summed E-state index contributed by atoms with van der Waals surface area (Å²) in [6, 6.07) is 4.65. The van der Waals surface area contributed by atoms with Gasteiger partial charge in [-0.15, -0.1) is 0 Å². The number of rotatable bonds is 2. The summed E-state index contributed by atoms with van der Waals surface area (Å²) >= 11 is 6.08. The minimum Gasteiger partial charge on any atom is -0.409 e. The zero-order chi connectivity index (χ0) is 15.2. The summed E-state index contributed by atoms with van der Waals surface area (Å²) in [4.78, 5) is 14.1. The van der Waals surface area contributed by atoms with Crippen molar-refractivity contribution in [2.75, 3.05) is 18.4 Å². The van der Waals surface area contributed by atoms with Crippen LogP contribution >= 0.6 is 11.6 Å². The predicted octanol–water partition coefficient (Wildman–Crippen LogP) is 2.84. The van der Waals surface area contributed by atoms with Crippen LogP contribution in [0, 0.1) is 0 Å². The number of anilines is 1. The van der Waals surface area contributed by atoms with Gasteiger partial charge >= 0.3 is 6.03 Å². The van der Waals surface area contributed by atoms with E-state index in [1.807, 2.05) is 0 Å². The first-order chi connectivity index (χ1) is 10.1. The maximum absolute atomic E-state index is 12.3. The van der Waals surface area contributed by atoms with Crippen molar-refractivity contribution >= 4 is 29.2 Å². The largest absolute Gasteiger partial charge is 0.409 e. The van der Waals surface area contributed by atoms with Gasteiger partial charge in [-0.25, -0.2) is 4.79 Å². The topological polar surface area (TPSA) is 91.0 Å². The van der Waals surface area contributed by atoms with Gasteiger partial charge in [0.05, 0.1) is 10.7 Å². The van der Waals surface area contributed by atoms with E-state index in [-0.39, 0.29) is 11.9 Å². The number of nitrogens with one attached hydrogen (secondary N) is 1. The monoisotopic (exact) mass is 310 g/mol. The molecule has 0 bridgehead atoms. The third-order valence-electron chi connectivity index (χ3n) is 3.50. The Kier molecular flexibility index (Phi) is 5.27. The molecule has 1 aliphatic rings. The predicted molar refractivity (Wildman–Crippen MR) is 83.0 cm³/mol. The first kappa shape index (κ1) is 15.4. The average Bonchev–Trinajstić information content (AvgIpc) is 2.77. The van der Waals surface area contributed by atoms with Gasteiger partial charge in [0.15, 0.2) is 5.84 Å². The van der Waals surface area contributed by atoms with Crippen molar-refractivity contribution in [3.8, 4) is 0 Å². The van der Waals surface area contributed by atoms with Crippen LogP contribution in [0.15, 0.2) is 23.4 Å². The molecule has 6 nitrogen and oxygen atoms in total. The number of oxime groups is 1. The number of amides is 2. The SMILES string of the molecule is N/C(=N/O)c1ccc(Cl)c(NC(=O)N2CCCCCC2)c1. The fraction of sp³-hybridized carbons (Fsp3) is 0.429. The Morgan fingerprint density at radius 2 is 1.95 bits per heavy atom. The summed E-state index contributed by atoms with van der Waals surface area (Å²) in [6.45, 7) is 1.51. The third kappa shape index (κ3) is 4.01. The Balaban J connectivity index is 2.12. The van der Waals surface area contributed by atoms with Crippen molar-refractivity contribution in [2.24, 2.45) is 10.9 Å². The van der Waals surface area contributed by atoms with Gasteiger partial charge < -0.3 is 21.2 Å². The van der Waals surface area contributed by atoms with Crippen LogP contribution in [0.25, 0.3) is 0 Å². The second-order valence-corrected chi connectivity index (χ2v) is 5.42. The molecule has 1 aliphatic heterocycles. The lowest BCUT2D eigenvalue weighted by atomic mass is 10.2. The summed E-state index contributed by atoms with van der Waals surface area (Å²) in [5, 5.41) is 14.8. The van der Waals surface area contributed by atoms with E-state index in [0.29, 0.717) is 16.3 Å². The van der Waals surface area contributed by atoms with Crippen LogP contribution in [-0.2, 0) is 0 Å². The molecule has 1 fully saturated rings. The molecule has 7 heteroatoms. The van der Waals surface area contributed by atoms with Gasteiger partial charge in [-0.05, 0) is 31.0 Å². The maximum atomic E-state index is 12.3. The van der Waals surface area contributed by atoms with E-state index in [0.717, 1.165) is 38.8 Å². The number of halogens is 1. The lowest BCUT2D eigenvalue weighted by Crippen LogP contribution is -2.35. The van der Waals surface area contributed by atoms with Gasteiger partial charge in [0.2, 0.25) is 0 Å². The Labute approximate surface area is 128 Å². The number of amidine groups is 1. The smallest absolute Gasteiger partial charge is 0.321 e. The summed E-state index contributed by atoms with van der Waals surface area (Å²) in [5.74, 6) is -0.0306. The first-order valence-electron chi connectivity index (χ1n) is 6.95. The minimum atomic E-state index is -0.171. The molecule has 0 saturated carbocycles. The Hall–Kier alpha value is -1.95. The highest BCUT2D eigenvalue weighted by Gasteiger charge is 2.17. The van der Waals surface area contributed by atoms with E-state index in [1.54, 1.807) is 23.1 Å². The number of carbonyl (C=O) groups is 1. The Morgan fingerprint density at radius 1 is 1.29 bits per heavy atom. The van der Waals surface area contributed by atoms with Crippen molar-refractivity contribution in [3.63, 3.8) is 0 Å². The van der Waals surface area contributed by atoms with Gasteiger partial charge in [-0.3, -0.25) is 0 Å². The van der Waals surface area contributed by atoms with Crippen molar-refractivity contribution in [1.82, 2.24) is 4.90 Å². The van der Waals surface area contributed by atoms with Crippen LogP contribution in [0.2, 0.25) is 5.02 Å². The molecular formula is C14H19ClN4O2. The molecule has 1 heterocycles. The number of benzene rings is 1. The van der Waals surface area contributed by atoms with Crippen LogP contribution in [0.5, 0.6) is 0 Å². The molecular weight excluding hydrogens is 292 g/mol. The molecule has 0 aromatic heterocycles. The molecule has 0 radical (unpaired) electrons. The lowest BCUT2D eigenvalue weighted by molar-refractivity contribution is 0.214. The minimum absolute atomic E-state index is 0.0306. The standard InChI is InChI=1S/C14H19ClN4O2/c15-11-6-5-10(13(16)18-21)9-12(11)17-14(20)19-7-3-1-2-4-8-19/h5-6,9,21H,1-4,7-8H2,(H2,16,18)(H,17,20). The summed E-state index contributed by atoms with van der Waals surface area (Å²) in [5.41, 5.74) is 6.49. The van der Waals surface area contributed by atoms with E-state index >= 15 is 0 Å². The number of hydrogen-bond donors (Lipinski definition) is 3. The lowest BCUT2D eigenvalue weighted by Gasteiger charge is -2.21. The van der Waals surface area contributed by atoms with Crippen LogP contribution in [0.3, 0.4) is 0 Å². The van der Waals surface area contributed by atoms with E-state index in [9.17, 15) is 4.79 Å². The van der Waals surface area contributed by atoms with E-state index < -0.39 is 0 Å². The summed E-state index contributed by atoms with van der Waals surface area (Å²) in [7, 11) is 0. The van der Waals surface area contributed by atoms with Gasteiger partial charge in [-0.1, -0.05) is 29.6 Å². The van der Waals surface area contributed by atoms with E-state index in [4.69, 9.17) is 22.5 Å². The van der Waals surface area contributed by atoms with Gasteiger partial charge in [0.1, 0.15) is 0 Å². The molecule has 0 spiro atoms. The molecule has 1 aromatic rings. The van der Waals surface area contributed by atoms with Crippen molar-refractivity contribution in [1.29, 1.82) is 0 Å². The number of nitrogens with two attached hydrogens (primary N) is 1. The van der Waals surface area contributed by atoms with Crippen molar-refractivity contribution in [3.05, 3.63) is 28.8 Å². The number of likely N-dealkylation sites (tertiary alicyclic amines) is 1. The second-order valence-electron chi connectivity index (χ2n) is 5.01. The van der Waals surface area contributed by atoms with Gasteiger partial charge in [0.25, 0.3) is 0 Å². The van der Waals surface area contributed by atoms with Gasteiger partial charge in [-0.2, -0.15) is 0 Å². The molecule has 0 unspecified atom stereocenters. The second kappa shape index (κ2) is 7.17. The highest BCUT2D eigenvalue weighted by Crippen LogP contribution is 2.24. The molecule has 114 valence electrons. The molecule has 0 aliphatic carbocycles. The molecule has 0 atom stereocenters. The quantitative estimate of drug-likeness (QED) is 0.339. The molecule has 1 aromatic carbocycles. The number of hydrogen-bond acceptors (Lipinski definition) is 3. The zero-order valence-electron chi connectivity index (χ0n) is 11.7. The van der Waals surface area contributed by atoms with Gasteiger partial charge in [0, 0.05) is 18.7 Å². The zero-order valence-corrected chi connectivity index (χ0v) is 12.4. The molecule has 2 amide bonds. The average molecular weight is 311 g/mol. The Bertz CT molecular complexity index is 540. The van der Waals surface area contributed by atoms with Crippen LogP contribution < -0.4 is 11.1 Å². The molecule has 21 heavy (non-hydrogen) atoms. The highest BCUT2D eigenvalue weighted by atomic mass is 35.5. The third-order valence-corrected chi connectivity index (χ3v) is 3.83. The first-order valence-corrected chi connectivity index (χ1v) is 7.33. The summed E-state index contributed by atoms with van der Waals surface area (Å²) < 4.78 is 0. The molecule has 1 saturated heterocycles. The molecule has 4 N–H and O–H groups in total. The fourth-order valence-corrected chi connectivity index (χ4v) is 2.47. The van der Waals surface area contributed by atoms with Crippen LogP contribution in [0.4, 0.5) is 10.5 Å². The van der Waals surface area contributed by atoms with E-state index in [1.165, 1.54) is 0 Å². The number of carbonyl (C=O) groups excluding carboxylic acids is 1.